The molecule has 0 fully saturated rings. The van der Waals surface area contributed by atoms with E-state index in [0.717, 1.165) is 0 Å². The highest BCUT2D eigenvalue weighted by molar-refractivity contribution is 5.90. The van der Waals surface area contributed by atoms with Gasteiger partial charge in [-0.1, -0.05) is 0 Å². The zero-order valence-electron chi connectivity index (χ0n) is 12.3. The topological polar surface area (TPSA) is 233 Å². The van der Waals surface area contributed by atoms with E-state index in [-0.39, 0.29) is 0 Å². The van der Waals surface area contributed by atoms with Crippen LogP contribution in [0, 0.1) is 5.92 Å². The summed E-state index contributed by atoms with van der Waals surface area (Å²) in [5, 5.41) is 53.3. The van der Waals surface area contributed by atoms with E-state index in [9.17, 15) is 28.8 Å². The van der Waals surface area contributed by atoms with Gasteiger partial charge < -0.3 is 35.4 Å². The lowest BCUT2D eigenvalue weighted by Crippen LogP contribution is -2.52. The molecule has 0 aromatic rings. The van der Waals surface area contributed by atoms with Crippen molar-refractivity contribution < 1.29 is 64.1 Å². The summed E-state index contributed by atoms with van der Waals surface area (Å²) in [6, 6.07) is 0. The van der Waals surface area contributed by atoms with Crippen molar-refractivity contribution in [1.82, 2.24) is 0 Å². The van der Waals surface area contributed by atoms with Crippen LogP contribution in [0.1, 0.15) is 19.3 Å². The third-order valence-electron chi connectivity index (χ3n) is 2.94. The van der Waals surface area contributed by atoms with Crippen LogP contribution in [0.2, 0.25) is 0 Å². The molecule has 0 aliphatic rings. The van der Waals surface area contributed by atoms with E-state index in [1.807, 2.05) is 0 Å². The summed E-state index contributed by atoms with van der Waals surface area (Å²) in [6.07, 6.45) is -6.92. The minimum absolute atomic E-state index is 1.29. The van der Waals surface area contributed by atoms with Gasteiger partial charge in [-0.25, -0.2) is 9.59 Å². The average molecular weight is 366 g/mol. The predicted octanol–water partition coefficient (Wildman–Crippen LogP) is -1.60. The first-order valence-corrected chi connectivity index (χ1v) is 6.34. The second kappa shape index (κ2) is 8.58. The molecular weight excluding hydrogens is 352 g/mol. The second-order valence-corrected chi connectivity index (χ2v) is 4.86. The molecule has 0 aromatic carbocycles. The van der Waals surface area contributed by atoms with Crippen LogP contribution in [0.3, 0.4) is 0 Å². The van der Waals surface area contributed by atoms with Crippen LogP contribution >= 0.6 is 0 Å². The molecule has 0 aliphatic heterocycles. The molecule has 0 saturated heterocycles. The summed E-state index contributed by atoms with van der Waals surface area (Å²) in [7, 11) is 0. The van der Waals surface area contributed by atoms with Gasteiger partial charge in [-0.2, -0.15) is 0 Å². The molecule has 2 atom stereocenters. The van der Waals surface area contributed by atoms with E-state index in [0.29, 0.717) is 0 Å². The highest BCUT2D eigenvalue weighted by atomic mass is 16.6. The van der Waals surface area contributed by atoms with Gasteiger partial charge in [0, 0.05) is 0 Å². The van der Waals surface area contributed by atoms with Gasteiger partial charge in [0.15, 0.2) is 11.7 Å². The molecule has 0 radical (unpaired) electrons. The van der Waals surface area contributed by atoms with E-state index in [1.54, 1.807) is 0 Å². The number of carboxylic acids is 6. The first-order valence-electron chi connectivity index (χ1n) is 6.34. The number of hydrogen-bond acceptors (Lipinski definition) is 7. The molecule has 0 aliphatic carbocycles. The number of ether oxygens (including phenoxy) is 1. The van der Waals surface area contributed by atoms with E-state index in [1.165, 1.54) is 0 Å². The fraction of sp³-hybridized carbons (Fsp3) is 0.500. The van der Waals surface area contributed by atoms with E-state index < -0.39 is 72.7 Å². The number of hydrogen-bond donors (Lipinski definition) is 6. The largest absolute Gasteiger partial charge is 0.481 e. The second-order valence-electron chi connectivity index (χ2n) is 4.86. The molecule has 140 valence electrons. The van der Waals surface area contributed by atoms with E-state index in [2.05, 4.69) is 4.74 Å². The third kappa shape index (κ3) is 6.42. The minimum Gasteiger partial charge on any atom is -0.481 e. The number of rotatable bonds is 12. The molecule has 0 heterocycles. The smallest absolute Gasteiger partial charge is 0.337 e. The van der Waals surface area contributed by atoms with E-state index >= 15 is 0 Å². The van der Waals surface area contributed by atoms with Crippen LogP contribution in [0.25, 0.3) is 0 Å². The molecule has 0 aromatic heterocycles. The maximum absolute atomic E-state index is 11.4. The van der Waals surface area contributed by atoms with Gasteiger partial charge in [0.1, 0.15) is 5.92 Å². The molecular formula is C12H14O13. The first-order chi connectivity index (χ1) is 11.3. The van der Waals surface area contributed by atoms with Gasteiger partial charge in [-0.15, -0.1) is 0 Å². The fourth-order valence-corrected chi connectivity index (χ4v) is 1.90. The monoisotopic (exact) mass is 366 g/mol. The van der Waals surface area contributed by atoms with Gasteiger partial charge in [0.25, 0.3) is 0 Å². The van der Waals surface area contributed by atoms with Crippen LogP contribution in [0.4, 0.5) is 0 Å². The van der Waals surface area contributed by atoms with E-state index in [4.69, 9.17) is 30.6 Å². The van der Waals surface area contributed by atoms with Crippen molar-refractivity contribution in [3.8, 4) is 0 Å². The molecule has 0 saturated carbocycles. The molecule has 2 unspecified atom stereocenters. The van der Waals surface area contributed by atoms with Gasteiger partial charge in [0.2, 0.25) is 0 Å². The first kappa shape index (κ1) is 21.8. The Balaban J connectivity index is 6.05. The highest BCUT2D eigenvalue weighted by Crippen LogP contribution is 2.28. The maximum atomic E-state index is 11.4. The Kier molecular flexibility index (Phi) is 7.48. The van der Waals surface area contributed by atoms with Crippen molar-refractivity contribution in [2.24, 2.45) is 5.92 Å². The summed E-state index contributed by atoms with van der Waals surface area (Å²) in [5.74, 6) is -14.0. The van der Waals surface area contributed by atoms with Crippen molar-refractivity contribution in [3.05, 3.63) is 0 Å². The van der Waals surface area contributed by atoms with Crippen LogP contribution in [0.15, 0.2) is 0 Å². The van der Waals surface area contributed by atoms with Crippen LogP contribution in [0.5, 0.6) is 0 Å². The Morgan fingerprint density at radius 3 is 1.40 bits per heavy atom. The summed E-state index contributed by atoms with van der Waals surface area (Å²) in [6.45, 7) is 0. The molecule has 0 amide bonds. The van der Waals surface area contributed by atoms with Crippen LogP contribution in [-0.2, 0) is 33.5 Å². The van der Waals surface area contributed by atoms with Crippen LogP contribution < -0.4 is 0 Å². The number of carboxylic acid groups (broad SMARTS) is 6. The third-order valence-corrected chi connectivity index (χ3v) is 2.94. The molecule has 0 spiro atoms. The number of carbonyl (C=O) groups is 6. The van der Waals surface area contributed by atoms with Crippen molar-refractivity contribution in [2.75, 3.05) is 0 Å². The Morgan fingerprint density at radius 2 is 1.16 bits per heavy atom. The summed E-state index contributed by atoms with van der Waals surface area (Å²) < 4.78 is 4.60. The molecule has 0 bridgehead atoms. The van der Waals surface area contributed by atoms with Gasteiger partial charge in [-0.05, 0) is 0 Å². The standard InChI is InChI=1S/C12H14O13/c13-5(14)1-4(9(19)20)8(10(21)22)25-12(11(23)24,2-6(15)16)3-7(17)18/h4,8H,1-3H2,(H,13,14)(H,15,16)(H,17,18)(H,19,20)(H,21,22)(H,23,24). The quantitative estimate of drug-likeness (QED) is 0.229. The van der Waals surface area contributed by atoms with Crippen molar-refractivity contribution in [2.45, 2.75) is 31.0 Å². The van der Waals surface area contributed by atoms with Gasteiger partial charge >= 0.3 is 35.8 Å². The SMILES string of the molecule is O=C(O)CC(C(=O)O)C(OC(CC(=O)O)(CC(=O)O)C(=O)O)C(=O)O. The molecule has 25 heavy (non-hydrogen) atoms. The highest BCUT2D eigenvalue weighted by Gasteiger charge is 2.50. The average Bonchev–Trinajstić information content (AvgIpc) is 2.39. The Labute approximate surface area is 138 Å². The van der Waals surface area contributed by atoms with Crippen molar-refractivity contribution in [1.29, 1.82) is 0 Å². The van der Waals surface area contributed by atoms with Crippen molar-refractivity contribution >= 4 is 35.8 Å². The lowest BCUT2D eigenvalue weighted by Gasteiger charge is -2.31. The molecule has 13 nitrogen and oxygen atoms in total. The Hall–Kier alpha value is -3.22. The van der Waals surface area contributed by atoms with Gasteiger partial charge in [-0.3, -0.25) is 19.2 Å². The minimum atomic E-state index is -3.12. The molecule has 6 N–H and O–H groups in total. The summed E-state index contributed by atoms with van der Waals surface area (Å²) in [4.78, 5) is 66.0. The maximum Gasteiger partial charge on any atom is 0.337 e. The summed E-state index contributed by atoms with van der Waals surface area (Å²) in [5.41, 5.74) is -3.12. The molecule has 0 rings (SSSR count). The lowest BCUT2D eigenvalue weighted by atomic mass is 9.92. The zero-order valence-corrected chi connectivity index (χ0v) is 12.3. The zero-order chi connectivity index (χ0) is 19.9. The van der Waals surface area contributed by atoms with Crippen molar-refractivity contribution in [3.63, 3.8) is 0 Å². The normalized spacial score (nSPS) is 13.4. The van der Waals surface area contributed by atoms with Crippen LogP contribution in [-0.4, -0.2) is 78.2 Å². The van der Waals surface area contributed by atoms with Gasteiger partial charge in [0.05, 0.1) is 19.3 Å². The Bertz CT molecular complexity index is 576. The predicted molar refractivity (Wildman–Crippen MR) is 70.8 cm³/mol. The lowest BCUT2D eigenvalue weighted by molar-refractivity contribution is -0.200. The molecule has 13 heteroatoms. The number of aliphatic carboxylic acids is 6. The fourth-order valence-electron chi connectivity index (χ4n) is 1.90. The summed E-state index contributed by atoms with van der Waals surface area (Å²) >= 11 is 0. The Morgan fingerprint density at radius 1 is 0.720 bits per heavy atom.